The van der Waals surface area contributed by atoms with Crippen molar-refractivity contribution < 1.29 is 8.78 Å². The number of benzene rings is 2. The molecule has 0 unspecified atom stereocenters. The third-order valence-corrected chi connectivity index (χ3v) is 3.14. The van der Waals surface area contributed by atoms with Crippen molar-refractivity contribution in [2.45, 2.75) is 11.8 Å². The van der Waals surface area contributed by atoms with Crippen LogP contribution in [0.2, 0.25) is 0 Å². The molecule has 0 spiro atoms. The second kappa shape index (κ2) is 3.66. The summed E-state index contributed by atoms with van der Waals surface area (Å²) in [4.78, 5) is 0. The van der Waals surface area contributed by atoms with E-state index in [1.165, 1.54) is 0 Å². The highest BCUT2D eigenvalue weighted by Gasteiger charge is 2.69. The molecule has 2 aromatic carbocycles. The lowest BCUT2D eigenvalue weighted by atomic mass is 10.0. The Kier molecular flexibility index (Phi) is 2.25. The van der Waals surface area contributed by atoms with Crippen LogP contribution in [0.15, 0.2) is 60.7 Å². The molecule has 0 bridgehead atoms. The van der Waals surface area contributed by atoms with E-state index in [1.807, 2.05) is 12.1 Å². The number of alkyl halides is 2. The second-order valence-corrected chi connectivity index (χ2v) is 4.25. The average molecular weight is 229 g/mol. The van der Waals surface area contributed by atoms with Gasteiger partial charge in [0.2, 0.25) is 0 Å². The third-order valence-electron chi connectivity index (χ3n) is 3.14. The Labute approximate surface area is 98.9 Å². The standard InChI is InChI=1S/C15H11F2/c16-15(17)13(11-7-3-1-4-8-11)14(15)12-9-5-2-6-10-12/h1-10,13H/t13-/m1/s1. The van der Waals surface area contributed by atoms with Gasteiger partial charge in [-0.15, -0.1) is 0 Å². The summed E-state index contributed by atoms with van der Waals surface area (Å²) in [5.41, 5.74) is 1.34. The Bertz CT molecular complexity index is 457. The van der Waals surface area contributed by atoms with Gasteiger partial charge in [0.05, 0.1) is 11.8 Å². The maximum atomic E-state index is 13.8. The molecule has 1 radical (unpaired) electrons. The lowest BCUT2D eigenvalue weighted by Gasteiger charge is -1.97. The summed E-state index contributed by atoms with van der Waals surface area (Å²) < 4.78 is 27.6. The summed E-state index contributed by atoms with van der Waals surface area (Å²) in [6, 6.07) is 17.9. The number of rotatable bonds is 2. The third kappa shape index (κ3) is 1.64. The molecule has 0 aromatic heterocycles. The second-order valence-electron chi connectivity index (χ2n) is 4.25. The molecule has 2 heteroatoms. The van der Waals surface area contributed by atoms with Crippen LogP contribution >= 0.6 is 0 Å². The SMILES string of the molecule is FC1(F)[C](c2ccccc2)[C@H]1c1ccccc1. The zero-order chi connectivity index (χ0) is 11.9. The maximum Gasteiger partial charge on any atom is 0.267 e. The predicted molar refractivity (Wildman–Crippen MR) is 62.9 cm³/mol. The van der Waals surface area contributed by atoms with E-state index in [0.29, 0.717) is 11.1 Å². The van der Waals surface area contributed by atoms with Gasteiger partial charge in [0.1, 0.15) is 0 Å². The summed E-state index contributed by atoms with van der Waals surface area (Å²) in [5.74, 6) is -3.20. The number of halogens is 2. The quantitative estimate of drug-likeness (QED) is 0.729. The van der Waals surface area contributed by atoms with Gasteiger partial charge in [-0.3, -0.25) is 0 Å². The van der Waals surface area contributed by atoms with Crippen molar-refractivity contribution in [3.8, 4) is 0 Å². The number of hydrogen-bond acceptors (Lipinski definition) is 0. The van der Waals surface area contributed by atoms with E-state index in [2.05, 4.69) is 0 Å². The van der Waals surface area contributed by atoms with Crippen molar-refractivity contribution in [3.05, 3.63) is 77.7 Å². The van der Waals surface area contributed by atoms with Crippen molar-refractivity contribution >= 4 is 0 Å². The Morgan fingerprint density at radius 3 is 1.88 bits per heavy atom. The normalized spacial score (nSPS) is 22.4. The van der Waals surface area contributed by atoms with Gasteiger partial charge in [-0.05, 0) is 11.1 Å². The summed E-state index contributed by atoms with van der Waals surface area (Å²) in [6.45, 7) is 0. The lowest BCUT2D eigenvalue weighted by molar-refractivity contribution is 0.120. The molecule has 1 atom stereocenters. The first-order valence-corrected chi connectivity index (χ1v) is 5.57. The molecular formula is C15H11F2. The van der Waals surface area contributed by atoms with Crippen LogP contribution in [0.3, 0.4) is 0 Å². The van der Waals surface area contributed by atoms with Crippen molar-refractivity contribution in [3.63, 3.8) is 0 Å². The first-order chi connectivity index (χ1) is 8.21. The van der Waals surface area contributed by atoms with E-state index in [1.54, 1.807) is 48.5 Å². The molecule has 1 aliphatic carbocycles. The topological polar surface area (TPSA) is 0 Å². The Hall–Kier alpha value is -1.70. The smallest absolute Gasteiger partial charge is 0.205 e. The van der Waals surface area contributed by atoms with Gasteiger partial charge < -0.3 is 0 Å². The van der Waals surface area contributed by atoms with Crippen molar-refractivity contribution in [2.24, 2.45) is 0 Å². The summed E-state index contributed by atoms with van der Waals surface area (Å²) in [5, 5.41) is 0. The molecule has 0 amide bonds. The Morgan fingerprint density at radius 2 is 1.29 bits per heavy atom. The molecule has 2 aromatic rings. The van der Waals surface area contributed by atoms with Gasteiger partial charge in [0.25, 0.3) is 5.92 Å². The van der Waals surface area contributed by atoms with Crippen molar-refractivity contribution in [2.75, 3.05) is 0 Å². The van der Waals surface area contributed by atoms with E-state index in [9.17, 15) is 8.78 Å². The van der Waals surface area contributed by atoms with Gasteiger partial charge in [-0.1, -0.05) is 60.7 Å². The predicted octanol–water partition coefficient (Wildman–Crippen LogP) is 4.04. The largest absolute Gasteiger partial charge is 0.267 e. The van der Waals surface area contributed by atoms with Gasteiger partial charge >= 0.3 is 0 Å². The van der Waals surface area contributed by atoms with Crippen LogP contribution in [0, 0.1) is 5.92 Å². The molecular weight excluding hydrogens is 218 g/mol. The van der Waals surface area contributed by atoms with E-state index >= 15 is 0 Å². The zero-order valence-corrected chi connectivity index (χ0v) is 9.11. The molecule has 0 saturated heterocycles. The molecule has 0 nitrogen and oxygen atoms in total. The summed E-state index contributed by atoms with van der Waals surface area (Å²) in [6.07, 6.45) is 0. The fourth-order valence-electron chi connectivity index (χ4n) is 2.28. The van der Waals surface area contributed by atoms with Crippen molar-refractivity contribution in [1.29, 1.82) is 0 Å². The minimum absolute atomic E-state index is 0.240. The Balaban J connectivity index is 1.95. The van der Waals surface area contributed by atoms with Crippen LogP contribution in [0.1, 0.15) is 17.0 Å². The summed E-state index contributed by atoms with van der Waals surface area (Å²) in [7, 11) is 0. The van der Waals surface area contributed by atoms with Gasteiger partial charge in [0, 0.05) is 0 Å². The molecule has 0 heterocycles. The molecule has 85 valence electrons. The molecule has 0 N–H and O–H groups in total. The average Bonchev–Trinajstić information content (AvgIpc) is 2.94. The molecule has 1 fully saturated rings. The van der Waals surface area contributed by atoms with E-state index in [-0.39, 0.29) is 5.92 Å². The first kappa shape index (κ1) is 10.5. The van der Waals surface area contributed by atoms with Crippen LogP contribution < -0.4 is 0 Å². The minimum Gasteiger partial charge on any atom is -0.205 e. The first-order valence-electron chi connectivity index (χ1n) is 5.57. The number of hydrogen-bond donors (Lipinski definition) is 0. The van der Waals surface area contributed by atoms with Crippen LogP contribution in [0.25, 0.3) is 0 Å². The van der Waals surface area contributed by atoms with Crippen molar-refractivity contribution in [1.82, 2.24) is 0 Å². The van der Waals surface area contributed by atoms with Gasteiger partial charge in [-0.2, -0.15) is 0 Å². The van der Waals surface area contributed by atoms with Crippen LogP contribution in [0.5, 0.6) is 0 Å². The Morgan fingerprint density at radius 1 is 0.765 bits per heavy atom. The summed E-state index contributed by atoms with van der Waals surface area (Å²) >= 11 is 0. The molecule has 17 heavy (non-hydrogen) atoms. The molecule has 3 rings (SSSR count). The van der Waals surface area contributed by atoms with Crippen LogP contribution in [-0.2, 0) is 0 Å². The van der Waals surface area contributed by atoms with Crippen LogP contribution in [-0.4, -0.2) is 5.92 Å². The molecule has 1 aliphatic rings. The highest BCUT2D eigenvalue weighted by Crippen LogP contribution is 2.66. The fraction of sp³-hybridized carbons (Fsp3) is 0.133. The zero-order valence-electron chi connectivity index (χ0n) is 9.11. The minimum atomic E-state index is -2.69. The van der Waals surface area contributed by atoms with E-state index in [4.69, 9.17) is 0 Å². The highest BCUT2D eigenvalue weighted by atomic mass is 19.3. The lowest BCUT2D eigenvalue weighted by Crippen LogP contribution is -1.94. The monoisotopic (exact) mass is 229 g/mol. The van der Waals surface area contributed by atoms with E-state index in [0.717, 1.165) is 0 Å². The fourth-order valence-corrected chi connectivity index (χ4v) is 2.28. The van der Waals surface area contributed by atoms with Gasteiger partial charge in [-0.25, -0.2) is 8.78 Å². The highest BCUT2D eigenvalue weighted by molar-refractivity contribution is 5.57. The van der Waals surface area contributed by atoms with E-state index < -0.39 is 11.8 Å². The molecule has 1 saturated carbocycles. The molecule has 0 aliphatic heterocycles. The van der Waals surface area contributed by atoms with Gasteiger partial charge in [0.15, 0.2) is 0 Å². The van der Waals surface area contributed by atoms with Crippen LogP contribution in [0.4, 0.5) is 8.78 Å². The maximum absolute atomic E-state index is 13.8.